The van der Waals surface area contributed by atoms with E-state index in [-0.39, 0.29) is 5.97 Å². The number of rotatable bonds is 7. The topological polar surface area (TPSA) is 64.3 Å². The summed E-state index contributed by atoms with van der Waals surface area (Å²) in [6, 6.07) is 0.693. The first kappa shape index (κ1) is 23.5. The average Bonchev–Trinajstić information content (AvgIpc) is 3.13. The van der Waals surface area contributed by atoms with Gasteiger partial charge in [-0.05, 0) is 111 Å². The molecule has 4 heteroatoms. The minimum absolute atomic E-state index is 0.0435. The maximum absolute atomic E-state index is 11.7. The van der Waals surface area contributed by atoms with Crippen LogP contribution in [0.1, 0.15) is 91.4 Å². The minimum atomic E-state index is -0.0435. The first-order valence-corrected chi connectivity index (χ1v) is 13.3. The lowest BCUT2D eigenvalue weighted by atomic mass is 9.44. The Hall–Kier alpha value is -0.610. The Bertz CT molecular complexity index is 639. The Morgan fingerprint density at radius 3 is 2.55 bits per heavy atom. The number of nitrogens with two attached hydrogens (primary N) is 1. The van der Waals surface area contributed by atoms with Crippen molar-refractivity contribution in [1.82, 2.24) is 5.32 Å². The summed E-state index contributed by atoms with van der Waals surface area (Å²) in [6.45, 7) is 9.42. The number of hydrogen-bond acceptors (Lipinski definition) is 4. The molecule has 4 aliphatic rings. The maximum Gasteiger partial charge on any atom is 0.305 e. The molecule has 4 aliphatic carbocycles. The molecular formula is C27H48N2O2. The smallest absolute Gasteiger partial charge is 0.305 e. The van der Waals surface area contributed by atoms with Crippen molar-refractivity contribution in [2.45, 2.75) is 97.4 Å². The Labute approximate surface area is 190 Å². The molecule has 0 amide bonds. The van der Waals surface area contributed by atoms with Crippen LogP contribution in [0.3, 0.4) is 0 Å². The zero-order valence-corrected chi connectivity index (χ0v) is 20.6. The van der Waals surface area contributed by atoms with Crippen LogP contribution in [-0.4, -0.2) is 32.2 Å². The summed E-state index contributed by atoms with van der Waals surface area (Å²) < 4.78 is 4.91. The molecule has 4 nitrogen and oxygen atoms in total. The van der Waals surface area contributed by atoms with Crippen molar-refractivity contribution >= 4 is 5.97 Å². The number of fused-ring (bicyclic) bond motifs is 5. The molecule has 4 fully saturated rings. The zero-order valence-electron chi connectivity index (χ0n) is 20.6. The molecule has 9 atom stereocenters. The largest absolute Gasteiger partial charge is 0.469 e. The standard InChI is InChI=1S/C27H48N2O2/c1-18(5-10-25(30)31-4)22-8-9-23-21-7-6-19-17-20(29-16-15-28)11-13-26(19,2)24(21)12-14-27(22,23)3/h18-24,29H,5-17,28H2,1-4H3/t18-,19+,20+,21+,22-,23+,24+,26+,27-/m1/s1. The van der Waals surface area contributed by atoms with Gasteiger partial charge in [-0.25, -0.2) is 0 Å². The fourth-order valence-corrected chi connectivity index (χ4v) is 9.35. The van der Waals surface area contributed by atoms with Crippen LogP contribution in [0.15, 0.2) is 0 Å². The van der Waals surface area contributed by atoms with E-state index in [1.54, 1.807) is 0 Å². The lowest BCUT2D eigenvalue weighted by Crippen LogP contribution is -2.55. The van der Waals surface area contributed by atoms with Crippen LogP contribution in [0.25, 0.3) is 0 Å². The number of esters is 1. The number of carbonyl (C=O) groups excluding carboxylic acids is 1. The van der Waals surface area contributed by atoms with E-state index in [4.69, 9.17) is 10.5 Å². The van der Waals surface area contributed by atoms with Crippen LogP contribution in [-0.2, 0) is 9.53 Å². The fraction of sp³-hybridized carbons (Fsp3) is 0.963. The predicted octanol–water partition coefficient (Wildman–Crippen LogP) is 5.15. The third-order valence-electron chi connectivity index (χ3n) is 11.0. The van der Waals surface area contributed by atoms with Gasteiger partial charge in [-0.15, -0.1) is 0 Å². The van der Waals surface area contributed by atoms with Gasteiger partial charge in [0.25, 0.3) is 0 Å². The molecule has 4 saturated carbocycles. The summed E-state index contributed by atoms with van der Waals surface area (Å²) in [4.78, 5) is 11.7. The van der Waals surface area contributed by atoms with Crippen LogP contribution in [0, 0.1) is 46.3 Å². The highest BCUT2D eigenvalue weighted by atomic mass is 16.5. The van der Waals surface area contributed by atoms with E-state index in [2.05, 4.69) is 26.1 Å². The van der Waals surface area contributed by atoms with Crippen molar-refractivity contribution in [3.05, 3.63) is 0 Å². The van der Waals surface area contributed by atoms with E-state index >= 15 is 0 Å². The van der Waals surface area contributed by atoms with E-state index in [1.165, 1.54) is 64.9 Å². The molecule has 4 rings (SSSR count). The van der Waals surface area contributed by atoms with Gasteiger partial charge in [-0.2, -0.15) is 0 Å². The van der Waals surface area contributed by atoms with Crippen LogP contribution in [0.4, 0.5) is 0 Å². The highest BCUT2D eigenvalue weighted by Gasteiger charge is 2.60. The summed E-state index contributed by atoms with van der Waals surface area (Å²) in [5, 5.41) is 3.72. The maximum atomic E-state index is 11.7. The van der Waals surface area contributed by atoms with Crippen molar-refractivity contribution in [2.24, 2.45) is 52.1 Å². The number of methoxy groups -OCH3 is 1. The van der Waals surface area contributed by atoms with Gasteiger partial charge in [0, 0.05) is 25.6 Å². The third kappa shape index (κ3) is 4.21. The molecule has 0 unspecified atom stereocenters. The van der Waals surface area contributed by atoms with Crippen LogP contribution in [0.2, 0.25) is 0 Å². The van der Waals surface area contributed by atoms with Crippen LogP contribution in [0.5, 0.6) is 0 Å². The normalized spacial score (nSPS) is 45.3. The highest BCUT2D eigenvalue weighted by Crippen LogP contribution is 2.68. The summed E-state index contributed by atoms with van der Waals surface area (Å²) in [5.74, 6) is 5.04. The molecule has 0 aromatic carbocycles. The van der Waals surface area contributed by atoms with E-state index in [0.29, 0.717) is 29.2 Å². The lowest BCUT2D eigenvalue weighted by molar-refractivity contribution is -0.141. The molecule has 0 radical (unpaired) electrons. The van der Waals surface area contributed by atoms with E-state index in [1.807, 2.05) is 0 Å². The molecule has 0 aliphatic heterocycles. The molecule has 3 N–H and O–H groups in total. The van der Waals surface area contributed by atoms with E-state index in [0.717, 1.165) is 49.1 Å². The molecule has 0 aromatic rings. The second kappa shape index (κ2) is 9.33. The Morgan fingerprint density at radius 1 is 1.06 bits per heavy atom. The minimum Gasteiger partial charge on any atom is -0.469 e. The zero-order chi connectivity index (χ0) is 22.2. The predicted molar refractivity (Wildman–Crippen MR) is 126 cm³/mol. The van der Waals surface area contributed by atoms with Gasteiger partial charge in [0.15, 0.2) is 0 Å². The molecule has 0 saturated heterocycles. The van der Waals surface area contributed by atoms with E-state index < -0.39 is 0 Å². The van der Waals surface area contributed by atoms with Crippen molar-refractivity contribution < 1.29 is 9.53 Å². The first-order chi connectivity index (χ1) is 14.8. The van der Waals surface area contributed by atoms with Gasteiger partial charge < -0.3 is 15.8 Å². The van der Waals surface area contributed by atoms with Crippen molar-refractivity contribution in [2.75, 3.05) is 20.2 Å². The average molecular weight is 433 g/mol. The second-order valence-corrected chi connectivity index (χ2v) is 12.2. The molecule has 178 valence electrons. The SMILES string of the molecule is COC(=O)CC[C@@H](C)[C@H]1CC[C@H]2[C@@H]3CC[C@H]4C[C@@H](NCCN)CC[C@]4(C)[C@H]3CC[C@]12C. The molecular weight excluding hydrogens is 384 g/mol. The summed E-state index contributed by atoms with van der Waals surface area (Å²) in [6.07, 6.45) is 14.2. The molecule has 0 bridgehead atoms. The van der Waals surface area contributed by atoms with Crippen LogP contribution < -0.4 is 11.1 Å². The third-order valence-corrected chi connectivity index (χ3v) is 11.0. The monoisotopic (exact) mass is 432 g/mol. The first-order valence-electron chi connectivity index (χ1n) is 13.3. The van der Waals surface area contributed by atoms with Gasteiger partial charge in [0.05, 0.1) is 7.11 Å². The quantitative estimate of drug-likeness (QED) is 0.546. The molecule has 0 heterocycles. The lowest BCUT2D eigenvalue weighted by Gasteiger charge is -2.61. The Morgan fingerprint density at radius 2 is 1.81 bits per heavy atom. The van der Waals surface area contributed by atoms with Gasteiger partial charge in [0.2, 0.25) is 0 Å². The van der Waals surface area contributed by atoms with Gasteiger partial charge in [-0.3, -0.25) is 4.79 Å². The Kier molecular flexibility index (Phi) is 7.09. The number of hydrogen-bond donors (Lipinski definition) is 2. The number of ether oxygens (including phenoxy) is 1. The van der Waals surface area contributed by atoms with Crippen LogP contribution >= 0.6 is 0 Å². The van der Waals surface area contributed by atoms with Gasteiger partial charge in [0.1, 0.15) is 0 Å². The van der Waals surface area contributed by atoms with E-state index in [9.17, 15) is 4.79 Å². The molecule has 0 aromatic heterocycles. The van der Waals surface area contributed by atoms with Gasteiger partial charge >= 0.3 is 5.97 Å². The van der Waals surface area contributed by atoms with Crippen molar-refractivity contribution in [1.29, 1.82) is 0 Å². The number of carbonyl (C=O) groups is 1. The summed E-state index contributed by atoms with van der Waals surface area (Å²) in [7, 11) is 1.51. The van der Waals surface area contributed by atoms with Crippen molar-refractivity contribution in [3.8, 4) is 0 Å². The summed E-state index contributed by atoms with van der Waals surface area (Å²) >= 11 is 0. The Balaban J connectivity index is 1.43. The van der Waals surface area contributed by atoms with Crippen molar-refractivity contribution in [3.63, 3.8) is 0 Å². The molecule has 31 heavy (non-hydrogen) atoms. The van der Waals surface area contributed by atoms with Gasteiger partial charge in [-0.1, -0.05) is 20.8 Å². The number of nitrogens with one attached hydrogen (secondary N) is 1. The highest BCUT2D eigenvalue weighted by molar-refractivity contribution is 5.69. The fourth-order valence-electron chi connectivity index (χ4n) is 9.35. The molecule has 0 spiro atoms. The second-order valence-electron chi connectivity index (χ2n) is 12.2. The summed E-state index contributed by atoms with van der Waals surface area (Å²) in [5.41, 5.74) is 6.78.